The van der Waals surface area contributed by atoms with E-state index in [1.807, 2.05) is 25.1 Å². The number of hydrogen-bond donors (Lipinski definition) is 3. The van der Waals surface area contributed by atoms with E-state index in [4.69, 9.17) is 5.73 Å². The molecule has 5 rings (SSSR count). The van der Waals surface area contributed by atoms with Gasteiger partial charge in [0.2, 0.25) is 0 Å². The van der Waals surface area contributed by atoms with Crippen LogP contribution < -0.4 is 16.6 Å². The van der Waals surface area contributed by atoms with Gasteiger partial charge in [0.1, 0.15) is 23.8 Å². The van der Waals surface area contributed by atoms with Crippen molar-refractivity contribution in [3.8, 4) is 11.4 Å². The zero-order valence-corrected chi connectivity index (χ0v) is 21.1. The number of phenols is 1. The van der Waals surface area contributed by atoms with Gasteiger partial charge in [-0.3, -0.25) is 14.4 Å². The topological polar surface area (TPSA) is 118 Å². The number of nitrogens with zero attached hydrogens (tertiary/aromatic N) is 4. The predicted octanol–water partition coefficient (Wildman–Crippen LogP) is 4.73. The van der Waals surface area contributed by atoms with Gasteiger partial charge < -0.3 is 16.2 Å². The first-order valence-corrected chi connectivity index (χ1v) is 12.0. The fourth-order valence-corrected chi connectivity index (χ4v) is 4.57. The number of aromatic hydroxyl groups is 1. The van der Waals surface area contributed by atoms with Crippen LogP contribution >= 0.6 is 0 Å². The summed E-state index contributed by atoms with van der Waals surface area (Å²) in [6, 6.07) is 17.4. The van der Waals surface area contributed by atoms with Crippen molar-refractivity contribution in [2.45, 2.75) is 13.5 Å². The highest BCUT2D eigenvalue weighted by Crippen LogP contribution is 2.27. The number of para-hydroxylation sites is 1. The molecule has 2 aromatic heterocycles. The van der Waals surface area contributed by atoms with Crippen LogP contribution in [-0.4, -0.2) is 32.4 Å². The molecule has 2 heterocycles. The van der Waals surface area contributed by atoms with Crippen LogP contribution in [0.4, 0.5) is 20.4 Å². The number of hydrogen-bond acceptors (Lipinski definition) is 7. The lowest BCUT2D eigenvalue weighted by Crippen LogP contribution is -2.25. The number of phenolic OH excluding ortho intramolecular Hbond substituents is 1. The standard InChI is InChI=1S/C29H24F2N6O2/c1-16-6-3-4-9-22(16)37-19(12-17-7-5-8-21(31)24(17)29(37)39)14-34-28-25(27(32)35-15-36-28)26(33-2)18-10-11-20(30)23(38)13-18/h3-13,15,38H,14H2,1-2H3,(H3,32,34,35,36). The van der Waals surface area contributed by atoms with E-state index in [-0.39, 0.29) is 17.7 Å². The van der Waals surface area contributed by atoms with Gasteiger partial charge in [-0.2, -0.15) is 0 Å². The molecule has 39 heavy (non-hydrogen) atoms. The molecular formula is C29H24F2N6O2. The molecule has 0 aliphatic carbocycles. The largest absolute Gasteiger partial charge is 0.505 e. The van der Waals surface area contributed by atoms with Crippen LogP contribution in [0, 0.1) is 18.6 Å². The average Bonchev–Trinajstić information content (AvgIpc) is 2.91. The summed E-state index contributed by atoms with van der Waals surface area (Å²) in [6.07, 6.45) is 1.28. The Morgan fingerprint density at radius 2 is 1.85 bits per heavy atom. The summed E-state index contributed by atoms with van der Waals surface area (Å²) in [4.78, 5) is 26.4. The van der Waals surface area contributed by atoms with E-state index < -0.39 is 22.9 Å². The van der Waals surface area contributed by atoms with Crippen LogP contribution in [0.25, 0.3) is 16.5 Å². The number of pyridine rings is 1. The van der Waals surface area contributed by atoms with Crippen molar-refractivity contribution < 1.29 is 13.9 Å². The smallest absolute Gasteiger partial charge is 0.266 e. The van der Waals surface area contributed by atoms with Crippen molar-refractivity contribution in [2.24, 2.45) is 4.99 Å². The number of fused-ring (bicyclic) bond motifs is 1. The van der Waals surface area contributed by atoms with Crippen molar-refractivity contribution in [1.29, 1.82) is 0 Å². The van der Waals surface area contributed by atoms with Gasteiger partial charge in [-0.25, -0.2) is 18.7 Å². The van der Waals surface area contributed by atoms with Crippen LogP contribution in [0.15, 0.2) is 82.8 Å². The van der Waals surface area contributed by atoms with Crippen LogP contribution in [0.2, 0.25) is 0 Å². The van der Waals surface area contributed by atoms with E-state index in [9.17, 15) is 18.7 Å². The minimum atomic E-state index is -0.772. The van der Waals surface area contributed by atoms with Crippen LogP contribution in [0.1, 0.15) is 22.4 Å². The van der Waals surface area contributed by atoms with Gasteiger partial charge in [0.25, 0.3) is 5.56 Å². The van der Waals surface area contributed by atoms with Crippen molar-refractivity contribution in [1.82, 2.24) is 14.5 Å². The maximum atomic E-state index is 14.8. The molecule has 10 heteroatoms. The molecule has 0 amide bonds. The molecule has 0 spiro atoms. The molecule has 4 N–H and O–H groups in total. The van der Waals surface area contributed by atoms with Crippen LogP contribution in [-0.2, 0) is 6.54 Å². The zero-order valence-electron chi connectivity index (χ0n) is 21.1. The Morgan fingerprint density at radius 1 is 1.05 bits per heavy atom. The molecule has 8 nitrogen and oxygen atoms in total. The number of aryl methyl sites for hydroxylation is 1. The summed E-state index contributed by atoms with van der Waals surface area (Å²) >= 11 is 0. The quantitative estimate of drug-likeness (QED) is 0.275. The number of nitrogens with two attached hydrogens (primary N) is 1. The average molecular weight is 527 g/mol. The number of halogens is 2. The SMILES string of the molecule is CN=C(c1ccc(F)c(O)c1)c1c(N)ncnc1NCc1cc2cccc(F)c2c(=O)n1-c1ccccc1C. The van der Waals surface area contributed by atoms with Crippen LogP contribution in [0.3, 0.4) is 0 Å². The second-order valence-electron chi connectivity index (χ2n) is 8.84. The monoisotopic (exact) mass is 526 g/mol. The minimum Gasteiger partial charge on any atom is -0.505 e. The van der Waals surface area contributed by atoms with Gasteiger partial charge in [-0.15, -0.1) is 0 Å². The molecule has 0 aliphatic rings. The lowest BCUT2D eigenvalue weighted by Gasteiger charge is -2.19. The third kappa shape index (κ3) is 4.68. The number of rotatable bonds is 6. The molecule has 0 unspecified atom stereocenters. The maximum absolute atomic E-state index is 14.8. The molecule has 0 bridgehead atoms. The van der Waals surface area contributed by atoms with Crippen molar-refractivity contribution >= 4 is 28.1 Å². The van der Waals surface area contributed by atoms with Crippen molar-refractivity contribution in [2.75, 3.05) is 18.1 Å². The highest BCUT2D eigenvalue weighted by molar-refractivity contribution is 6.18. The predicted molar refractivity (Wildman–Crippen MR) is 148 cm³/mol. The molecule has 0 saturated carbocycles. The highest BCUT2D eigenvalue weighted by Gasteiger charge is 2.20. The number of nitrogens with one attached hydrogen (secondary N) is 1. The Kier molecular flexibility index (Phi) is 6.76. The first kappa shape index (κ1) is 25.5. The summed E-state index contributed by atoms with van der Waals surface area (Å²) in [5.74, 6) is -1.50. The molecule has 0 fully saturated rings. The Bertz CT molecular complexity index is 1820. The number of aromatic nitrogens is 3. The third-order valence-corrected chi connectivity index (χ3v) is 6.42. The molecule has 0 atom stereocenters. The third-order valence-electron chi connectivity index (χ3n) is 6.42. The van der Waals surface area contributed by atoms with Gasteiger partial charge in [-0.05, 0) is 54.3 Å². The van der Waals surface area contributed by atoms with E-state index in [1.165, 1.54) is 36.1 Å². The van der Waals surface area contributed by atoms with Gasteiger partial charge in [0, 0.05) is 18.3 Å². The molecule has 3 aromatic carbocycles. The Morgan fingerprint density at radius 3 is 2.59 bits per heavy atom. The van der Waals surface area contributed by atoms with E-state index >= 15 is 0 Å². The highest BCUT2D eigenvalue weighted by atomic mass is 19.1. The normalized spacial score (nSPS) is 11.6. The number of anilines is 2. The minimum absolute atomic E-state index is 0.00649. The summed E-state index contributed by atoms with van der Waals surface area (Å²) in [5.41, 5.74) is 8.79. The van der Waals surface area contributed by atoms with Gasteiger partial charge in [0.15, 0.2) is 11.6 Å². The summed E-state index contributed by atoms with van der Waals surface area (Å²) in [6.45, 7) is 1.97. The Labute approximate surface area is 222 Å². The molecule has 0 saturated heterocycles. The lowest BCUT2D eigenvalue weighted by molar-refractivity contribution is 0.432. The zero-order chi connectivity index (χ0) is 27.7. The summed E-state index contributed by atoms with van der Waals surface area (Å²) in [7, 11) is 1.53. The van der Waals surface area contributed by atoms with Gasteiger partial charge >= 0.3 is 0 Å². The summed E-state index contributed by atoms with van der Waals surface area (Å²) < 4.78 is 29.9. The van der Waals surface area contributed by atoms with Gasteiger partial charge in [0.05, 0.1) is 28.9 Å². The fraction of sp³-hybridized carbons (Fsp3) is 0.103. The van der Waals surface area contributed by atoms with E-state index in [0.29, 0.717) is 39.4 Å². The summed E-state index contributed by atoms with van der Waals surface area (Å²) in [5, 5.41) is 13.6. The number of benzene rings is 3. The van der Waals surface area contributed by atoms with E-state index in [1.54, 1.807) is 24.3 Å². The molecule has 0 aliphatic heterocycles. The molecular weight excluding hydrogens is 502 g/mol. The second kappa shape index (κ2) is 10.3. The maximum Gasteiger partial charge on any atom is 0.266 e. The lowest BCUT2D eigenvalue weighted by atomic mass is 10.0. The van der Waals surface area contributed by atoms with Gasteiger partial charge in [-0.1, -0.05) is 30.3 Å². The second-order valence-corrected chi connectivity index (χ2v) is 8.84. The first-order chi connectivity index (χ1) is 18.8. The van der Waals surface area contributed by atoms with E-state index in [0.717, 1.165) is 11.6 Å². The van der Waals surface area contributed by atoms with Crippen molar-refractivity contribution in [3.05, 3.63) is 117 Å². The molecule has 0 radical (unpaired) electrons. The first-order valence-electron chi connectivity index (χ1n) is 12.0. The molecule has 5 aromatic rings. The fourth-order valence-electron chi connectivity index (χ4n) is 4.57. The molecule has 196 valence electrons. The Balaban J connectivity index is 1.63. The number of aliphatic imine (C=N–C) groups is 1. The number of nitrogen functional groups attached to an aromatic ring is 1. The van der Waals surface area contributed by atoms with Crippen molar-refractivity contribution in [3.63, 3.8) is 0 Å². The Hall–Kier alpha value is -5.12. The van der Waals surface area contributed by atoms with E-state index in [2.05, 4.69) is 20.3 Å². The van der Waals surface area contributed by atoms with Crippen LogP contribution in [0.5, 0.6) is 5.75 Å².